The van der Waals surface area contributed by atoms with Crippen LogP contribution in [0.5, 0.6) is 5.75 Å². The lowest BCUT2D eigenvalue weighted by molar-refractivity contribution is 0.415. The van der Waals surface area contributed by atoms with Gasteiger partial charge in [0, 0.05) is 24.5 Å². The summed E-state index contributed by atoms with van der Waals surface area (Å²) in [5.41, 5.74) is 3.47. The van der Waals surface area contributed by atoms with Crippen molar-refractivity contribution in [1.29, 1.82) is 0 Å². The number of rotatable bonds is 6. The van der Waals surface area contributed by atoms with Crippen LogP contribution in [0.2, 0.25) is 0 Å². The van der Waals surface area contributed by atoms with Gasteiger partial charge in [0.1, 0.15) is 5.75 Å². The molecule has 2 aromatic carbocycles. The number of methoxy groups -OCH3 is 1. The Kier molecular flexibility index (Phi) is 4.91. The first-order valence-corrected chi connectivity index (χ1v) is 10.3. The molecule has 0 saturated carbocycles. The Morgan fingerprint density at radius 1 is 1.14 bits per heavy atom. The summed E-state index contributed by atoms with van der Waals surface area (Å²) in [7, 11) is -2.07. The maximum Gasteiger partial charge on any atom is 0.238 e. The molecule has 2 aromatic heterocycles. The van der Waals surface area contributed by atoms with Crippen molar-refractivity contribution < 1.29 is 13.2 Å². The maximum absolute atomic E-state index is 11.4. The third-order valence-corrected chi connectivity index (χ3v) is 5.43. The average molecular weight is 409 g/mol. The molecule has 0 spiro atoms. The summed E-state index contributed by atoms with van der Waals surface area (Å²) in [4.78, 5) is 8.98. The molecular weight excluding hydrogens is 390 g/mol. The van der Waals surface area contributed by atoms with E-state index in [-0.39, 0.29) is 4.90 Å². The molecule has 0 unspecified atom stereocenters. The molecule has 29 heavy (non-hydrogen) atoms. The van der Waals surface area contributed by atoms with Gasteiger partial charge in [0.25, 0.3) is 0 Å². The van der Waals surface area contributed by atoms with Crippen LogP contribution in [0.25, 0.3) is 16.9 Å². The van der Waals surface area contributed by atoms with Crippen molar-refractivity contribution in [3.05, 3.63) is 72.7 Å². The number of ether oxygens (including phenoxy) is 1. The number of fused-ring (bicyclic) bond motifs is 1. The minimum Gasteiger partial charge on any atom is -0.497 e. The highest BCUT2D eigenvalue weighted by Gasteiger charge is 2.11. The van der Waals surface area contributed by atoms with E-state index in [4.69, 9.17) is 9.88 Å². The third kappa shape index (κ3) is 3.91. The van der Waals surface area contributed by atoms with Crippen LogP contribution in [-0.2, 0) is 16.6 Å². The van der Waals surface area contributed by atoms with Crippen molar-refractivity contribution in [2.75, 3.05) is 12.4 Å². The van der Waals surface area contributed by atoms with Gasteiger partial charge >= 0.3 is 0 Å². The first-order chi connectivity index (χ1) is 14.0. The van der Waals surface area contributed by atoms with Crippen molar-refractivity contribution in [1.82, 2.24) is 14.4 Å². The number of aromatic nitrogens is 3. The summed E-state index contributed by atoms with van der Waals surface area (Å²) < 4.78 is 30.0. The van der Waals surface area contributed by atoms with Crippen LogP contribution < -0.4 is 15.2 Å². The lowest BCUT2D eigenvalue weighted by Crippen LogP contribution is -2.12. The highest BCUT2D eigenvalue weighted by Crippen LogP contribution is 2.26. The van der Waals surface area contributed by atoms with Gasteiger partial charge in [0.05, 0.1) is 23.9 Å². The van der Waals surface area contributed by atoms with Crippen LogP contribution in [0.4, 0.5) is 5.82 Å². The van der Waals surface area contributed by atoms with E-state index in [9.17, 15) is 8.42 Å². The van der Waals surface area contributed by atoms with Crippen LogP contribution in [0.15, 0.2) is 72.0 Å². The molecule has 0 aliphatic heterocycles. The predicted octanol–water partition coefficient (Wildman–Crippen LogP) is 2.66. The first-order valence-electron chi connectivity index (χ1n) is 8.78. The zero-order valence-electron chi connectivity index (χ0n) is 15.6. The van der Waals surface area contributed by atoms with Crippen molar-refractivity contribution >= 4 is 21.5 Å². The van der Waals surface area contributed by atoms with E-state index in [0.29, 0.717) is 18.0 Å². The number of hydrogen-bond acceptors (Lipinski definition) is 6. The maximum atomic E-state index is 11.4. The number of hydrogen-bond donors (Lipinski definition) is 2. The van der Waals surface area contributed by atoms with Gasteiger partial charge < -0.3 is 10.1 Å². The summed E-state index contributed by atoms with van der Waals surface area (Å²) in [5, 5.41) is 8.38. The normalized spacial score (nSPS) is 11.5. The molecule has 0 bridgehead atoms. The molecule has 0 fully saturated rings. The van der Waals surface area contributed by atoms with Crippen LogP contribution in [0.3, 0.4) is 0 Å². The number of benzene rings is 2. The van der Waals surface area contributed by atoms with E-state index >= 15 is 0 Å². The van der Waals surface area contributed by atoms with Crippen molar-refractivity contribution in [3.63, 3.8) is 0 Å². The van der Waals surface area contributed by atoms with Crippen molar-refractivity contribution in [2.45, 2.75) is 11.4 Å². The first kappa shape index (κ1) is 18.9. The Morgan fingerprint density at radius 2 is 1.93 bits per heavy atom. The average Bonchev–Trinajstić information content (AvgIpc) is 3.17. The zero-order valence-corrected chi connectivity index (χ0v) is 16.4. The molecule has 2 heterocycles. The van der Waals surface area contributed by atoms with E-state index in [0.717, 1.165) is 22.6 Å². The minimum absolute atomic E-state index is 0.0812. The highest BCUT2D eigenvalue weighted by atomic mass is 32.2. The largest absolute Gasteiger partial charge is 0.497 e. The fraction of sp³-hybridized carbons (Fsp3) is 0.100. The molecule has 148 valence electrons. The van der Waals surface area contributed by atoms with Gasteiger partial charge in [-0.25, -0.2) is 23.5 Å². The van der Waals surface area contributed by atoms with Gasteiger partial charge in [-0.2, -0.15) is 0 Å². The fourth-order valence-corrected chi connectivity index (χ4v) is 3.54. The standard InChI is InChI=1S/C20H19N5O3S/c1-28-16-4-2-3-15(11-16)18-13-24-20-19(22-9-10-25(18)20)23-12-14-5-7-17(8-6-14)29(21,26)27/h2-11,13H,12H2,1H3,(H,22,23)(H2,21,26,27). The van der Waals surface area contributed by atoms with Gasteiger partial charge in [-0.15, -0.1) is 0 Å². The molecule has 0 atom stereocenters. The number of nitrogens with two attached hydrogens (primary N) is 1. The molecule has 0 saturated heterocycles. The van der Waals surface area contributed by atoms with Crippen LogP contribution >= 0.6 is 0 Å². The number of nitrogens with one attached hydrogen (secondary N) is 1. The van der Waals surface area contributed by atoms with Gasteiger partial charge in [0.2, 0.25) is 10.0 Å². The number of nitrogens with zero attached hydrogens (tertiary/aromatic N) is 3. The molecule has 0 amide bonds. The Morgan fingerprint density at radius 3 is 2.66 bits per heavy atom. The monoisotopic (exact) mass is 409 g/mol. The number of anilines is 1. The molecule has 9 heteroatoms. The summed E-state index contributed by atoms with van der Waals surface area (Å²) in [6.45, 7) is 0.457. The molecule has 8 nitrogen and oxygen atoms in total. The molecule has 0 radical (unpaired) electrons. The third-order valence-electron chi connectivity index (χ3n) is 4.51. The van der Waals surface area contributed by atoms with Gasteiger partial charge in [-0.05, 0) is 29.8 Å². The summed E-state index contributed by atoms with van der Waals surface area (Å²) >= 11 is 0. The van der Waals surface area contributed by atoms with Crippen molar-refractivity contribution in [2.24, 2.45) is 5.14 Å². The lowest BCUT2D eigenvalue weighted by Gasteiger charge is -2.09. The van der Waals surface area contributed by atoms with Gasteiger partial charge in [-0.1, -0.05) is 24.3 Å². The molecule has 4 rings (SSSR count). The van der Waals surface area contributed by atoms with Gasteiger partial charge in [0.15, 0.2) is 11.5 Å². The molecule has 0 aliphatic carbocycles. The minimum atomic E-state index is -3.70. The summed E-state index contributed by atoms with van der Waals surface area (Å²) in [5.74, 6) is 1.39. The predicted molar refractivity (Wildman–Crippen MR) is 110 cm³/mol. The molecule has 0 aliphatic rings. The number of sulfonamides is 1. The van der Waals surface area contributed by atoms with E-state index in [1.165, 1.54) is 12.1 Å². The SMILES string of the molecule is COc1cccc(-c2cnc3c(NCc4ccc(S(N)(=O)=O)cc4)nccn23)c1. The van der Waals surface area contributed by atoms with E-state index < -0.39 is 10.0 Å². The van der Waals surface area contributed by atoms with E-state index in [1.54, 1.807) is 31.6 Å². The number of imidazole rings is 1. The topological polar surface area (TPSA) is 112 Å². The second-order valence-corrected chi connectivity index (χ2v) is 7.95. The van der Waals surface area contributed by atoms with Crippen LogP contribution in [0, 0.1) is 0 Å². The van der Waals surface area contributed by atoms with Gasteiger partial charge in [-0.3, -0.25) is 4.40 Å². The number of primary sulfonamides is 1. The Balaban J connectivity index is 1.60. The smallest absolute Gasteiger partial charge is 0.238 e. The van der Waals surface area contributed by atoms with E-state index in [2.05, 4.69) is 15.3 Å². The lowest BCUT2D eigenvalue weighted by atomic mass is 10.1. The Labute approximate surface area is 168 Å². The molecule has 4 aromatic rings. The van der Waals surface area contributed by atoms with Crippen LogP contribution in [0.1, 0.15) is 5.56 Å². The highest BCUT2D eigenvalue weighted by molar-refractivity contribution is 7.89. The second kappa shape index (κ2) is 7.53. The fourth-order valence-electron chi connectivity index (χ4n) is 3.02. The quantitative estimate of drug-likeness (QED) is 0.506. The molecular formula is C20H19N5O3S. The summed E-state index contributed by atoms with van der Waals surface area (Å²) in [6, 6.07) is 14.1. The molecule has 3 N–H and O–H groups in total. The Bertz CT molecular complexity index is 1270. The van der Waals surface area contributed by atoms with Crippen LogP contribution in [-0.4, -0.2) is 29.9 Å². The Hall–Kier alpha value is -3.43. The second-order valence-electron chi connectivity index (χ2n) is 6.39. The van der Waals surface area contributed by atoms with Crippen molar-refractivity contribution in [3.8, 4) is 17.0 Å². The zero-order chi connectivity index (χ0) is 20.4. The summed E-state index contributed by atoms with van der Waals surface area (Å²) in [6.07, 6.45) is 5.34. The van der Waals surface area contributed by atoms with E-state index in [1.807, 2.05) is 34.9 Å².